The maximum absolute atomic E-state index is 12.7. The third-order valence-corrected chi connectivity index (χ3v) is 5.35. The topological polar surface area (TPSA) is 55.4 Å². The molecule has 4 heteroatoms. The van der Waals surface area contributed by atoms with Gasteiger partial charge in [0.05, 0.1) is 18.7 Å². The first-order valence-corrected chi connectivity index (χ1v) is 9.68. The minimum Gasteiger partial charge on any atom is -0.465 e. The Balaban J connectivity index is 1.78. The number of carbonyl (C=O) groups excluding carboxylic acids is 2. The van der Waals surface area contributed by atoms with Crippen molar-refractivity contribution in [2.24, 2.45) is 11.8 Å². The van der Waals surface area contributed by atoms with Crippen LogP contribution in [0.1, 0.15) is 64.9 Å². The highest BCUT2D eigenvalue weighted by molar-refractivity contribution is 5.94. The number of carbonyl (C=O) groups is 2. The second-order valence-corrected chi connectivity index (χ2v) is 7.23. The first kappa shape index (κ1) is 19.2. The Morgan fingerprint density at radius 1 is 1.07 bits per heavy atom. The lowest BCUT2D eigenvalue weighted by Crippen LogP contribution is -2.30. The zero-order valence-corrected chi connectivity index (χ0v) is 16.0. The van der Waals surface area contributed by atoms with E-state index in [9.17, 15) is 9.59 Å². The molecule has 1 aliphatic carbocycles. The molecule has 1 aliphatic rings. The molecule has 0 aliphatic heterocycles. The van der Waals surface area contributed by atoms with Gasteiger partial charge in [0.15, 0.2) is 0 Å². The molecular formula is C23H27NO3. The number of methoxy groups -OCH3 is 1. The van der Waals surface area contributed by atoms with E-state index >= 15 is 0 Å². The van der Waals surface area contributed by atoms with Crippen LogP contribution in [0.25, 0.3) is 0 Å². The van der Waals surface area contributed by atoms with Crippen molar-refractivity contribution in [3.63, 3.8) is 0 Å². The summed E-state index contributed by atoms with van der Waals surface area (Å²) in [5.41, 5.74) is 2.23. The molecule has 1 saturated carbocycles. The van der Waals surface area contributed by atoms with Crippen LogP contribution in [0.2, 0.25) is 0 Å². The van der Waals surface area contributed by atoms with Crippen LogP contribution in [0.15, 0.2) is 54.6 Å². The molecule has 0 radical (unpaired) electrons. The maximum Gasteiger partial charge on any atom is 0.337 e. The third-order valence-electron chi connectivity index (χ3n) is 5.35. The highest BCUT2D eigenvalue weighted by Crippen LogP contribution is 2.50. The minimum absolute atomic E-state index is 0.0359. The number of rotatable bonds is 8. The molecule has 2 aromatic rings. The molecule has 0 aromatic heterocycles. The van der Waals surface area contributed by atoms with Crippen molar-refractivity contribution in [2.75, 3.05) is 7.11 Å². The third kappa shape index (κ3) is 4.76. The maximum atomic E-state index is 12.7. The molecule has 3 rings (SSSR count). The molecule has 1 unspecified atom stereocenters. The van der Waals surface area contributed by atoms with Crippen LogP contribution in [-0.2, 0) is 4.74 Å². The van der Waals surface area contributed by atoms with Gasteiger partial charge in [-0.3, -0.25) is 4.79 Å². The molecule has 27 heavy (non-hydrogen) atoms. The SMILES string of the molecule is CCCC[C@@H]1C[C@H]1C(NC(=O)c1ccccc1)c1ccc(C(=O)OC)cc1. The van der Waals surface area contributed by atoms with Crippen molar-refractivity contribution in [1.29, 1.82) is 0 Å². The molecule has 0 heterocycles. The summed E-state index contributed by atoms with van der Waals surface area (Å²) in [4.78, 5) is 24.4. The average molecular weight is 365 g/mol. The van der Waals surface area contributed by atoms with Crippen LogP contribution in [0.4, 0.5) is 0 Å². The van der Waals surface area contributed by atoms with E-state index < -0.39 is 0 Å². The van der Waals surface area contributed by atoms with Gasteiger partial charge >= 0.3 is 5.97 Å². The van der Waals surface area contributed by atoms with Crippen LogP contribution in [-0.4, -0.2) is 19.0 Å². The van der Waals surface area contributed by atoms with Crippen LogP contribution in [0.5, 0.6) is 0 Å². The number of amides is 1. The van der Waals surface area contributed by atoms with E-state index in [0.29, 0.717) is 23.0 Å². The highest BCUT2D eigenvalue weighted by atomic mass is 16.5. The summed E-state index contributed by atoms with van der Waals surface area (Å²) >= 11 is 0. The summed E-state index contributed by atoms with van der Waals surface area (Å²) in [7, 11) is 1.38. The number of hydrogen-bond acceptors (Lipinski definition) is 3. The molecule has 1 fully saturated rings. The van der Waals surface area contributed by atoms with E-state index in [1.54, 1.807) is 12.1 Å². The van der Waals surface area contributed by atoms with Gasteiger partial charge in [-0.1, -0.05) is 56.5 Å². The van der Waals surface area contributed by atoms with Crippen molar-refractivity contribution in [2.45, 2.75) is 38.6 Å². The number of ether oxygens (including phenoxy) is 1. The predicted octanol–water partition coefficient (Wildman–Crippen LogP) is 4.77. The summed E-state index contributed by atoms with van der Waals surface area (Å²) in [5.74, 6) is 0.706. The van der Waals surface area contributed by atoms with Gasteiger partial charge in [-0.2, -0.15) is 0 Å². The Bertz CT molecular complexity index is 770. The minimum atomic E-state index is -0.348. The molecule has 0 bridgehead atoms. The molecular weight excluding hydrogens is 338 g/mol. The van der Waals surface area contributed by atoms with Crippen molar-refractivity contribution in [3.8, 4) is 0 Å². The predicted molar refractivity (Wildman–Crippen MR) is 106 cm³/mol. The van der Waals surface area contributed by atoms with E-state index in [4.69, 9.17) is 4.74 Å². The lowest BCUT2D eigenvalue weighted by atomic mass is 9.98. The standard InChI is InChI=1S/C23H27NO3/c1-3-4-8-19-15-20(19)21(24-22(25)17-9-6-5-7-10-17)16-11-13-18(14-12-16)23(26)27-2/h5-7,9-14,19-21H,3-4,8,15H2,1-2H3,(H,24,25)/t19-,20-,21?/m1/s1. The summed E-state index contributed by atoms with van der Waals surface area (Å²) in [6.45, 7) is 2.21. The van der Waals surface area contributed by atoms with Crippen LogP contribution in [0.3, 0.4) is 0 Å². The van der Waals surface area contributed by atoms with E-state index in [1.807, 2.05) is 42.5 Å². The van der Waals surface area contributed by atoms with E-state index in [1.165, 1.54) is 26.4 Å². The van der Waals surface area contributed by atoms with Crippen molar-refractivity contribution in [3.05, 3.63) is 71.3 Å². The molecule has 4 nitrogen and oxygen atoms in total. The quantitative estimate of drug-likeness (QED) is 0.686. The first-order valence-electron chi connectivity index (χ1n) is 9.68. The zero-order chi connectivity index (χ0) is 19.2. The normalized spacial score (nSPS) is 19.2. The van der Waals surface area contributed by atoms with Crippen LogP contribution in [0, 0.1) is 11.8 Å². The summed E-state index contributed by atoms with van der Waals surface area (Å²) in [6.07, 6.45) is 4.76. The van der Waals surface area contributed by atoms with E-state index in [2.05, 4.69) is 12.2 Å². The largest absolute Gasteiger partial charge is 0.465 e. The summed E-state index contributed by atoms with van der Waals surface area (Å²) < 4.78 is 4.77. The zero-order valence-electron chi connectivity index (χ0n) is 16.0. The van der Waals surface area contributed by atoms with Crippen LogP contribution < -0.4 is 5.32 Å². The summed E-state index contributed by atoms with van der Waals surface area (Å²) in [5, 5.41) is 3.23. The molecule has 3 atom stereocenters. The molecule has 0 saturated heterocycles. The van der Waals surface area contributed by atoms with Gasteiger partial charge in [0.2, 0.25) is 0 Å². The molecule has 2 aromatic carbocycles. The Morgan fingerprint density at radius 2 is 1.78 bits per heavy atom. The average Bonchev–Trinajstić information content (AvgIpc) is 3.49. The van der Waals surface area contributed by atoms with E-state index in [-0.39, 0.29) is 17.9 Å². The number of nitrogens with one attached hydrogen (secondary N) is 1. The second kappa shape index (κ2) is 8.85. The lowest BCUT2D eigenvalue weighted by molar-refractivity contribution is 0.0600. The number of benzene rings is 2. The van der Waals surface area contributed by atoms with Crippen molar-refractivity contribution in [1.82, 2.24) is 5.32 Å². The Kier molecular flexibility index (Phi) is 6.28. The Hall–Kier alpha value is -2.62. The van der Waals surface area contributed by atoms with Crippen molar-refractivity contribution < 1.29 is 14.3 Å². The number of unbranched alkanes of at least 4 members (excludes halogenated alkanes) is 1. The van der Waals surface area contributed by atoms with Gasteiger partial charge in [0, 0.05) is 5.56 Å². The van der Waals surface area contributed by atoms with Crippen molar-refractivity contribution >= 4 is 11.9 Å². The van der Waals surface area contributed by atoms with Gasteiger partial charge in [-0.25, -0.2) is 4.79 Å². The van der Waals surface area contributed by atoms with E-state index in [0.717, 1.165) is 12.0 Å². The second-order valence-electron chi connectivity index (χ2n) is 7.23. The fourth-order valence-electron chi connectivity index (χ4n) is 3.67. The molecule has 0 spiro atoms. The molecule has 1 N–H and O–H groups in total. The smallest absolute Gasteiger partial charge is 0.337 e. The van der Waals surface area contributed by atoms with Gasteiger partial charge in [-0.05, 0) is 48.1 Å². The fraction of sp³-hybridized carbons (Fsp3) is 0.391. The van der Waals surface area contributed by atoms with Gasteiger partial charge in [0.25, 0.3) is 5.91 Å². The van der Waals surface area contributed by atoms with Crippen LogP contribution >= 0.6 is 0 Å². The van der Waals surface area contributed by atoms with Gasteiger partial charge in [-0.15, -0.1) is 0 Å². The number of hydrogen-bond donors (Lipinski definition) is 1. The molecule has 1 amide bonds. The first-order chi connectivity index (χ1) is 13.1. The Labute approximate surface area is 160 Å². The lowest BCUT2D eigenvalue weighted by Gasteiger charge is -2.20. The summed E-state index contributed by atoms with van der Waals surface area (Å²) in [6, 6.07) is 16.7. The van der Waals surface area contributed by atoms with Gasteiger partial charge < -0.3 is 10.1 Å². The Morgan fingerprint density at radius 3 is 2.41 bits per heavy atom. The number of esters is 1. The monoisotopic (exact) mass is 365 g/mol. The fourth-order valence-corrected chi connectivity index (χ4v) is 3.67. The van der Waals surface area contributed by atoms with Gasteiger partial charge in [0.1, 0.15) is 0 Å². The molecule has 142 valence electrons. The highest BCUT2D eigenvalue weighted by Gasteiger charge is 2.43.